The molecule has 0 radical (unpaired) electrons. The lowest BCUT2D eigenvalue weighted by atomic mass is 10.0. The number of alkyl halides is 3. The Kier molecular flexibility index (Phi) is 4.60. The van der Waals surface area contributed by atoms with E-state index in [9.17, 15) is 18.0 Å². The average Bonchev–Trinajstić information content (AvgIpc) is 3.01. The van der Waals surface area contributed by atoms with E-state index in [1.807, 2.05) is 0 Å². The molecule has 0 atom stereocenters. The molecule has 7 nitrogen and oxygen atoms in total. The van der Waals surface area contributed by atoms with E-state index in [0.29, 0.717) is 31.7 Å². The van der Waals surface area contributed by atoms with Crippen molar-refractivity contribution in [3.63, 3.8) is 0 Å². The van der Waals surface area contributed by atoms with E-state index in [2.05, 4.69) is 20.4 Å². The molecule has 1 aliphatic rings. The molecule has 1 N–H and O–H groups in total. The Balaban J connectivity index is 1.58. The summed E-state index contributed by atoms with van der Waals surface area (Å²) in [6.45, 7) is 2.66. The smallest absolute Gasteiger partial charge is 0.361 e. The number of amides is 1. The van der Waals surface area contributed by atoms with Gasteiger partial charge in [-0.1, -0.05) is 5.16 Å². The predicted molar refractivity (Wildman–Crippen MR) is 81.0 cm³/mol. The van der Waals surface area contributed by atoms with Gasteiger partial charge < -0.3 is 14.7 Å². The van der Waals surface area contributed by atoms with Crippen LogP contribution >= 0.6 is 0 Å². The first-order valence-electron chi connectivity index (χ1n) is 7.71. The maximum atomic E-state index is 12.7. The van der Waals surface area contributed by atoms with Crippen LogP contribution in [-0.4, -0.2) is 40.2 Å². The van der Waals surface area contributed by atoms with Gasteiger partial charge in [0.05, 0.1) is 0 Å². The number of carbonyl (C=O) groups is 1. The summed E-state index contributed by atoms with van der Waals surface area (Å²) in [5.41, 5.74) is -0.750. The van der Waals surface area contributed by atoms with Crippen molar-refractivity contribution < 1.29 is 22.5 Å². The van der Waals surface area contributed by atoms with Crippen LogP contribution in [0.25, 0.3) is 0 Å². The number of carbonyl (C=O) groups excluding carboxylic acids is 1. The fourth-order valence-corrected chi connectivity index (χ4v) is 2.66. The van der Waals surface area contributed by atoms with E-state index < -0.39 is 11.9 Å². The van der Waals surface area contributed by atoms with Gasteiger partial charge in [0.1, 0.15) is 23.6 Å². The van der Waals surface area contributed by atoms with E-state index in [-0.39, 0.29) is 23.5 Å². The number of rotatable bonds is 3. The standard InChI is InChI=1S/C15H16F3N5O2/c1-9-6-11(22-25-9)14(24)21-10-2-4-23(5-3-10)13-7-12(15(16,17)18)19-8-20-13/h6-8,10H,2-5H2,1H3,(H,21,24). The van der Waals surface area contributed by atoms with Crippen LogP contribution < -0.4 is 10.2 Å². The second-order valence-corrected chi connectivity index (χ2v) is 5.82. The highest BCUT2D eigenvalue weighted by atomic mass is 19.4. The molecule has 3 heterocycles. The van der Waals surface area contributed by atoms with Gasteiger partial charge in [-0.05, 0) is 19.8 Å². The molecule has 0 aromatic carbocycles. The number of aromatic nitrogens is 3. The highest BCUT2D eigenvalue weighted by Crippen LogP contribution is 2.29. The number of nitrogens with one attached hydrogen (secondary N) is 1. The predicted octanol–water partition coefficient (Wildman–Crippen LogP) is 2.19. The van der Waals surface area contributed by atoms with Crippen LogP contribution in [0.3, 0.4) is 0 Å². The first kappa shape index (κ1) is 17.2. The molecule has 1 aliphatic heterocycles. The average molecular weight is 355 g/mol. The van der Waals surface area contributed by atoms with Gasteiger partial charge >= 0.3 is 6.18 Å². The monoisotopic (exact) mass is 355 g/mol. The topological polar surface area (TPSA) is 84.2 Å². The molecule has 0 spiro atoms. The Morgan fingerprint density at radius 1 is 1.28 bits per heavy atom. The van der Waals surface area contributed by atoms with E-state index >= 15 is 0 Å². The Morgan fingerprint density at radius 3 is 2.60 bits per heavy atom. The number of hydrogen-bond acceptors (Lipinski definition) is 6. The van der Waals surface area contributed by atoms with E-state index in [1.54, 1.807) is 17.9 Å². The Bertz CT molecular complexity index is 754. The second-order valence-electron chi connectivity index (χ2n) is 5.82. The third-order valence-corrected chi connectivity index (χ3v) is 3.96. The van der Waals surface area contributed by atoms with Crippen molar-refractivity contribution in [3.05, 3.63) is 35.6 Å². The van der Waals surface area contributed by atoms with Gasteiger partial charge in [-0.25, -0.2) is 9.97 Å². The van der Waals surface area contributed by atoms with Gasteiger partial charge in [0.2, 0.25) is 0 Å². The van der Waals surface area contributed by atoms with Crippen LogP contribution in [0.15, 0.2) is 23.0 Å². The van der Waals surface area contributed by atoms with Gasteiger partial charge in [0.15, 0.2) is 5.69 Å². The Labute approximate surface area is 141 Å². The number of piperidine rings is 1. The van der Waals surface area contributed by atoms with E-state index in [1.165, 1.54) is 0 Å². The fourth-order valence-electron chi connectivity index (χ4n) is 2.66. The van der Waals surface area contributed by atoms with Crippen LogP contribution in [0.4, 0.5) is 19.0 Å². The molecule has 1 saturated heterocycles. The Morgan fingerprint density at radius 2 is 2.00 bits per heavy atom. The largest absolute Gasteiger partial charge is 0.433 e. The molecule has 0 aliphatic carbocycles. The van der Waals surface area contributed by atoms with Crippen LogP contribution in [0, 0.1) is 6.92 Å². The van der Waals surface area contributed by atoms with Crippen molar-refractivity contribution in [1.82, 2.24) is 20.4 Å². The molecule has 0 unspecified atom stereocenters. The molecule has 0 bridgehead atoms. The molecular weight excluding hydrogens is 339 g/mol. The first-order chi connectivity index (χ1) is 11.8. The van der Waals surface area contributed by atoms with Crippen LogP contribution in [-0.2, 0) is 6.18 Å². The van der Waals surface area contributed by atoms with Gasteiger partial charge in [-0.2, -0.15) is 13.2 Å². The maximum Gasteiger partial charge on any atom is 0.433 e. The zero-order valence-corrected chi connectivity index (χ0v) is 13.4. The minimum absolute atomic E-state index is 0.0790. The molecule has 2 aromatic heterocycles. The molecule has 2 aromatic rings. The number of aryl methyl sites for hydroxylation is 1. The molecule has 0 saturated carbocycles. The summed E-state index contributed by atoms with van der Waals surface area (Å²) in [6.07, 6.45) is -2.40. The lowest BCUT2D eigenvalue weighted by Gasteiger charge is -2.33. The summed E-state index contributed by atoms with van der Waals surface area (Å²) in [7, 11) is 0. The lowest BCUT2D eigenvalue weighted by molar-refractivity contribution is -0.141. The normalized spacial score (nSPS) is 16.1. The number of nitrogens with zero attached hydrogens (tertiary/aromatic N) is 4. The molecule has 3 rings (SSSR count). The molecule has 1 amide bonds. The minimum atomic E-state index is -4.50. The SMILES string of the molecule is Cc1cc(C(=O)NC2CCN(c3cc(C(F)(F)F)ncn3)CC2)no1. The van der Waals surface area contributed by atoms with Crippen molar-refractivity contribution in [1.29, 1.82) is 0 Å². The molecule has 10 heteroatoms. The zero-order valence-electron chi connectivity index (χ0n) is 13.4. The fraction of sp³-hybridized carbons (Fsp3) is 0.467. The van der Waals surface area contributed by atoms with Crippen molar-refractivity contribution in [2.75, 3.05) is 18.0 Å². The first-order valence-corrected chi connectivity index (χ1v) is 7.71. The van der Waals surface area contributed by atoms with Gasteiger partial charge in [-0.15, -0.1) is 0 Å². The lowest BCUT2D eigenvalue weighted by Crippen LogP contribution is -2.45. The van der Waals surface area contributed by atoms with Crippen LogP contribution in [0.2, 0.25) is 0 Å². The zero-order chi connectivity index (χ0) is 18.0. The third-order valence-electron chi connectivity index (χ3n) is 3.96. The van der Waals surface area contributed by atoms with Crippen LogP contribution in [0.1, 0.15) is 34.8 Å². The molecular formula is C15H16F3N5O2. The highest BCUT2D eigenvalue weighted by molar-refractivity contribution is 5.92. The van der Waals surface area contributed by atoms with Gasteiger partial charge in [0, 0.05) is 31.3 Å². The van der Waals surface area contributed by atoms with Crippen molar-refractivity contribution in [2.45, 2.75) is 32.0 Å². The minimum Gasteiger partial charge on any atom is -0.361 e. The molecule has 25 heavy (non-hydrogen) atoms. The van der Waals surface area contributed by atoms with E-state index in [0.717, 1.165) is 12.4 Å². The van der Waals surface area contributed by atoms with Gasteiger partial charge in [-0.3, -0.25) is 4.79 Å². The summed E-state index contributed by atoms with van der Waals surface area (Å²) < 4.78 is 43.1. The summed E-state index contributed by atoms with van der Waals surface area (Å²) >= 11 is 0. The van der Waals surface area contributed by atoms with Gasteiger partial charge in [0.25, 0.3) is 5.91 Å². The molecule has 1 fully saturated rings. The summed E-state index contributed by atoms with van der Waals surface area (Å²) in [4.78, 5) is 21.0. The van der Waals surface area contributed by atoms with Crippen molar-refractivity contribution >= 4 is 11.7 Å². The van der Waals surface area contributed by atoms with Crippen LogP contribution in [0.5, 0.6) is 0 Å². The second kappa shape index (κ2) is 6.69. The van der Waals surface area contributed by atoms with Crippen molar-refractivity contribution in [2.24, 2.45) is 0 Å². The van der Waals surface area contributed by atoms with Crippen molar-refractivity contribution in [3.8, 4) is 0 Å². The van der Waals surface area contributed by atoms with E-state index in [4.69, 9.17) is 4.52 Å². The Hall–Kier alpha value is -2.65. The summed E-state index contributed by atoms with van der Waals surface area (Å²) in [6, 6.07) is 2.41. The number of anilines is 1. The summed E-state index contributed by atoms with van der Waals surface area (Å²) in [5.74, 6) is 0.458. The molecule has 134 valence electrons. The quantitative estimate of drug-likeness (QED) is 0.909. The summed E-state index contributed by atoms with van der Waals surface area (Å²) in [5, 5.41) is 6.51. The highest BCUT2D eigenvalue weighted by Gasteiger charge is 2.33. The maximum absolute atomic E-state index is 12.7. The third kappa shape index (κ3) is 4.06. The number of hydrogen-bond donors (Lipinski definition) is 1. The number of halogens is 3.